The van der Waals surface area contributed by atoms with E-state index in [0.717, 1.165) is 121 Å². The molecule has 0 saturated heterocycles. The van der Waals surface area contributed by atoms with Crippen LogP contribution in [0.15, 0.2) is 133 Å². The highest BCUT2D eigenvalue weighted by molar-refractivity contribution is 5.91. The number of hydrogen-bond acceptors (Lipinski definition) is 12. The number of amides is 2. The van der Waals surface area contributed by atoms with Gasteiger partial charge in [-0.2, -0.15) is 0 Å². The summed E-state index contributed by atoms with van der Waals surface area (Å²) in [4.78, 5) is 103. The first kappa shape index (κ1) is 73.9. The van der Waals surface area contributed by atoms with Gasteiger partial charge in [0.1, 0.15) is 26.0 Å². The molecule has 0 bridgehead atoms. The highest BCUT2D eigenvalue weighted by atomic mass is 16.2. The van der Waals surface area contributed by atoms with Crippen molar-refractivity contribution in [1.82, 2.24) is 21.3 Å². The Kier molecular flexibility index (Phi) is 29.9. The van der Waals surface area contributed by atoms with Crippen LogP contribution in [0, 0.1) is 47.3 Å². The minimum Gasteiger partial charge on any atom is -0.354 e. The zero-order valence-electron chi connectivity index (χ0n) is 61.2. The lowest BCUT2D eigenvalue weighted by Crippen LogP contribution is -2.48. The van der Waals surface area contributed by atoms with Crippen molar-refractivity contribution in [3.63, 3.8) is 0 Å². The van der Waals surface area contributed by atoms with Crippen molar-refractivity contribution in [3.05, 3.63) is 167 Å². The zero-order chi connectivity index (χ0) is 71.4. The monoisotopic (exact) mass is 1320 g/mol. The molecule has 2 fully saturated rings. The molecular weight excluding hydrogens is 1210 g/mol. The highest BCUT2D eigenvalue weighted by Crippen LogP contribution is 2.34. The standard InChI is InChI=1S/C43H59N3O4.C40H53N3O4/c1-29(2)23-32-12-17-35(18-13-32)30(3)42(49)28-45-22-8-7-11-40(44)43(50)46-27-33-14-20-37(21-15-33)41(48)26-39(31(4)47)25-34-16-19-36-9-5-6-10-38(36)24-34;1-26(2)19-29-9-14-32(15-10-29)27(3)39(46)25-42-24-37(41)40(47)43-23-30-11-17-34(18-12-30)38(45)22-36(28(4)44)21-31-13-16-33-7-5-6-8-35(33)20-31/h5-6,9-10,12-13,16-19,24,29-30,33,37,39-40,45H,7-8,11,14-15,20-23,25-28,44H2,1-4H3,(H,46,50);5-10,13-16,20,26-27,30,34,36-37,42H,11-12,17-19,21-25,41H2,1-4H3,(H,43,47)/i/hD2. The summed E-state index contributed by atoms with van der Waals surface area (Å²) in [6.45, 7) is 18.1. The summed E-state index contributed by atoms with van der Waals surface area (Å²) in [5.74, 6) is 0.771. The summed E-state index contributed by atoms with van der Waals surface area (Å²) in [5.41, 5.74) is 11.4. The molecular formula is C83H112N6O8. The molecule has 0 heterocycles. The van der Waals surface area contributed by atoms with Gasteiger partial charge in [0.15, 0.2) is 11.6 Å². The molecule has 2 amide bonds. The Hall–Kier alpha value is -7.36. The van der Waals surface area contributed by atoms with E-state index < -0.39 is 12.1 Å². The minimum absolute atomic E-state index is 0.0327. The van der Waals surface area contributed by atoms with E-state index in [0.29, 0.717) is 63.2 Å². The van der Waals surface area contributed by atoms with E-state index in [1.165, 1.54) is 11.1 Å². The minimum atomic E-state index is -0.785. The van der Waals surface area contributed by atoms with Gasteiger partial charge in [-0.05, 0) is 189 Å². The molecule has 522 valence electrons. The van der Waals surface area contributed by atoms with Crippen LogP contribution in [0.2, 0.25) is 2.82 Å². The van der Waals surface area contributed by atoms with Gasteiger partial charge < -0.3 is 32.7 Å². The number of carbonyl (C=O) groups is 8. The Balaban J connectivity index is 0.000000279. The number of hydrogen-bond donors (Lipinski definition) is 6. The fourth-order valence-corrected chi connectivity index (χ4v) is 13.8. The molecule has 8 N–H and O–H groups in total. The smallest absolute Gasteiger partial charge is 0.238 e. The van der Waals surface area contributed by atoms with Crippen LogP contribution in [-0.2, 0) is 64.0 Å². The van der Waals surface area contributed by atoms with Gasteiger partial charge in [-0.3, -0.25) is 38.4 Å². The van der Waals surface area contributed by atoms with E-state index in [1.807, 2.05) is 56.3 Å². The van der Waals surface area contributed by atoms with Gasteiger partial charge >= 0.3 is 0 Å². The number of unbranched alkanes of at least 4 members (excludes halogenated alkanes) is 1. The van der Waals surface area contributed by atoms with E-state index >= 15 is 0 Å². The first-order chi connectivity index (χ1) is 47.6. The lowest BCUT2D eigenvalue weighted by Gasteiger charge is -2.29. The topological polar surface area (TPSA) is 237 Å². The average molecular weight is 1320 g/mol. The molecule has 0 aromatic heterocycles. The summed E-state index contributed by atoms with van der Waals surface area (Å²) in [7, 11) is 0. The second kappa shape index (κ2) is 39.3. The van der Waals surface area contributed by atoms with Crippen molar-refractivity contribution in [1.29, 1.82) is 0 Å². The molecule has 0 radical (unpaired) electrons. The van der Waals surface area contributed by atoms with Crippen molar-refractivity contribution < 1.29 is 41.2 Å². The van der Waals surface area contributed by atoms with Crippen molar-refractivity contribution in [2.45, 2.75) is 188 Å². The molecule has 6 aromatic carbocycles. The third-order valence-electron chi connectivity index (χ3n) is 20.3. The fourth-order valence-electron chi connectivity index (χ4n) is 13.8. The number of ketones is 6. The van der Waals surface area contributed by atoms with Gasteiger partial charge in [-0.1, -0.05) is 181 Å². The van der Waals surface area contributed by atoms with Crippen LogP contribution in [-0.4, -0.2) is 97.9 Å². The van der Waals surface area contributed by atoms with E-state index in [1.54, 1.807) is 13.8 Å². The van der Waals surface area contributed by atoms with Crippen molar-refractivity contribution in [2.24, 2.45) is 58.8 Å². The number of nitrogens with one attached hydrogen (secondary N) is 4. The number of Topliss-reactive ketones (excluding diaryl/α,β-unsaturated/α-hetero) is 6. The predicted molar refractivity (Wildman–Crippen MR) is 392 cm³/mol. The third kappa shape index (κ3) is 25.5. The maximum absolute atomic E-state index is 13.3. The lowest BCUT2D eigenvalue weighted by atomic mass is 9.77. The third-order valence-corrected chi connectivity index (χ3v) is 20.3. The van der Waals surface area contributed by atoms with Crippen LogP contribution in [0.4, 0.5) is 0 Å². The Labute approximate surface area is 581 Å². The lowest BCUT2D eigenvalue weighted by molar-refractivity contribution is -0.129. The number of nitrogens with two attached hydrogens (primary N) is 2. The van der Waals surface area contributed by atoms with E-state index in [9.17, 15) is 38.4 Å². The zero-order valence-corrected chi connectivity index (χ0v) is 59.2. The number of carbonyl (C=O) groups excluding carboxylic acids is 8. The van der Waals surface area contributed by atoms with Crippen LogP contribution in [0.3, 0.4) is 0 Å². The van der Waals surface area contributed by atoms with Gasteiger partial charge in [0.2, 0.25) is 11.8 Å². The summed E-state index contributed by atoms with van der Waals surface area (Å²) in [5, 5.41) is 16.9. The molecule has 6 aromatic rings. The molecule has 2 aliphatic carbocycles. The van der Waals surface area contributed by atoms with Crippen molar-refractivity contribution >= 4 is 68.1 Å². The van der Waals surface area contributed by atoms with Crippen LogP contribution in [0.25, 0.3) is 21.5 Å². The molecule has 0 aliphatic heterocycles. The fraction of sp³-hybridized carbons (Fsp3) is 0.518. The van der Waals surface area contributed by atoms with Crippen LogP contribution < -0.4 is 32.7 Å². The first-order valence-electron chi connectivity index (χ1n) is 37.1. The van der Waals surface area contributed by atoms with E-state index in [-0.39, 0.29) is 114 Å². The molecule has 97 heavy (non-hydrogen) atoms. The van der Waals surface area contributed by atoms with Gasteiger partial charge in [0, 0.05) is 68.0 Å². The van der Waals surface area contributed by atoms with Crippen LogP contribution in [0.5, 0.6) is 0 Å². The molecule has 2 aliphatic rings. The molecule has 6 atom stereocenters. The van der Waals surface area contributed by atoms with Gasteiger partial charge in [0.05, 0.1) is 25.2 Å². The van der Waals surface area contributed by atoms with Crippen LogP contribution >= 0.6 is 0 Å². The van der Waals surface area contributed by atoms with Crippen LogP contribution in [0.1, 0.15) is 184 Å². The summed E-state index contributed by atoms with van der Waals surface area (Å²) in [6.07, 6.45) is 12.3. The molecule has 0 spiro atoms. The molecule has 8 rings (SSSR count). The maximum Gasteiger partial charge on any atom is 0.238 e. The second-order valence-electron chi connectivity index (χ2n) is 29.1. The Morgan fingerprint density at radius 1 is 0.454 bits per heavy atom. The normalized spacial score (nSPS) is 18.5. The molecule has 14 heteroatoms. The van der Waals surface area contributed by atoms with E-state index in [2.05, 4.69) is 151 Å². The maximum atomic E-state index is 13.3. The summed E-state index contributed by atoms with van der Waals surface area (Å²) >= 11 is 0. The van der Waals surface area contributed by atoms with E-state index in [4.69, 9.17) is 2.82 Å². The van der Waals surface area contributed by atoms with Gasteiger partial charge in [0.25, 0.3) is 0 Å². The second-order valence-corrected chi connectivity index (χ2v) is 29.1. The molecule has 6 unspecified atom stereocenters. The summed E-state index contributed by atoms with van der Waals surface area (Å²) in [6, 6.07) is 44.0. The average Bonchev–Trinajstić information content (AvgIpc) is 0.922. The SMILES string of the molecule is [2H]NC(CCCCNCC(=O)C(C)c1ccc(CC(C)C)cc1)C(=O)NCC1CCC(C(=O)CC(Cc2ccc3ccccc3c2)C(C)=O)CC1.[2H]NC(CNCC(=O)C(C)c1ccc(CC(C)C)cc1)C(=O)NCC1CCC(C(=O)CC(Cc2ccc3ccccc3c2)C(C)=O)CC1. The Morgan fingerprint density at radius 2 is 0.845 bits per heavy atom. The first-order valence-corrected chi connectivity index (χ1v) is 36.1. The number of rotatable bonds is 39. The number of benzene rings is 6. The van der Waals surface area contributed by atoms with Gasteiger partial charge in [-0.25, -0.2) is 0 Å². The highest BCUT2D eigenvalue weighted by Gasteiger charge is 2.32. The Morgan fingerprint density at radius 3 is 1.25 bits per heavy atom. The predicted octanol–water partition coefficient (Wildman–Crippen LogP) is 13.1. The quantitative estimate of drug-likeness (QED) is 0.0198. The number of fused-ring (bicyclic) bond motifs is 2. The largest absolute Gasteiger partial charge is 0.354 e. The molecule has 14 nitrogen and oxygen atoms in total. The molecule has 2 saturated carbocycles. The Bertz CT molecular complexity index is 3580. The summed E-state index contributed by atoms with van der Waals surface area (Å²) < 4.78 is 15.3. The van der Waals surface area contributed by atoms with Gasteiger partial charge in [-0.15, -0.1) is 0 Å². The van der Waals surface area contributed by atoms with Crippen molar-refractivity contribution in [2.75, 3.05) is 39.3 Å². The van der Waals surface area contributed by atoms with Crippen molar-refractivity contribution in [3.8, 4) is 0 Å².